The van der Waals surface area contributed by atoms with E-state index in [2.05, 4.69) is 5.16 Å². The Morgan fingerprint density at radius 1 is 1.21 bits per heavy atom. The van der Waals surface area contributed by atoms with Gasteiger partial charge in [-0.3, -0.25) is 0 Å². The molecule has 1 heterocycles. The van der Waals surface area contributed by atoms with E-state index in [1.165, 1.54) is 6.07 Å². The molecule has 0 saturated heterocycles. The van der Waals surface area contributed by atoms with E-state index in [0.29, 0.717) is 11.5 Å². The second-order valence-corrected chi connectivity index (χ2v) is 5.66. The molecule has 6 heteroatoms. The molecular formula is C18H13ClFNO3. The van der Waals surface area contributed by atoms with Crippen LogP contribution >= 0.6 is 11.6 Å². The van der Waals surface area contributed by atoms with Gasteiger partial charge < -0.3 is 9.26 Å². The number of esters is 1. The van der Waals surface area contributed by atoms with Gasteiger partial charge in [0.05, 0.1) is 10.6 Å². The van der Waals surface area contributed by atoms with Crippen molar-refractivity contribution in [3.63, 3.8) is 0 Å². The van der Waals surface area contributed by atoms with Crippen LogP contribution in [0, 0.1) is 12.7 Å². The fourth-order valence-electron chi connectivity index (χ4n) is 2.11. The molecule has 0 bridgehead atoms. The van der Waals surface area contributed by atoms with Crippen LogP contribution in [0.5, 0.6) is 0 Å². The van der Waals surface area contributed by atoms with E-state index in [9.17, 15) is 9.18 Å². The first-order valence-corrected chi connectivity index (χ1v) is 7.55. The fourth-order valence-corrected chi connectivity index (χ4v) is 2.35. The molecule has 122 valence electrons. The molecule has 2 aromatic carbocycles. The average molecular weight is 346 g/mol. The predicted octanol–water partition coefficient (Wildman–Crippen LogP) is 4.80. The lowest BCUT2D eigenvalue weighted by Crippen LogP contribution is -2.06. The van der Waals surface area contributed by atoms with Crippen LogP contribution in [0.15, 0.2) is 53.1 Å². The molecule has 0 saturated carbocycles. The number of carbonyl (C=O) groups is 1. The van der Waals surface area contributed by atoms with E-state index in [1.807, 2.05) is 31.2 Å². The molecule has 3 aromatic rings. The molecule has 0 radical (unpaired) electrons. The van der Waals surface area contributed by atoms with Crippen molar-refractivity contribution in [1.29, 1.82) is 0 Å². The zero-order valence-corrected chi connectivity index (χ0v) is 13.5. The average Bonchev–Trinajstić information content (AvgIpc) is 3.02. The van der Waals surface area contributed by atoms with Gasteiger partial charge in [0.25, 0.3) is 0 Å². The molecule has 0 N–H and O–H groups in total. The Bertz CT molecular complexity index is 874. The molecule has 0 aliphatic carbocycles. The standard InChI is InChI=1S/C18H13ClFNO3/c1-11-2-4-12(5-3-11)17-9-14(21-24-17)10-23-18(22)15-7-6-13(20)8-16(15)19/h2-9H,10H2,1H3. The van der Waals surface area contributed by atoms with Crippen LogP contribution in [0.25, 0.3) is 11.3 Å². The van der Waals surface area contributed by atoms with Crippen LogP contribution in [0.3, 0.4) is 0 Å². The topological polar surface area (TPSA) is 52.3 Å². The Labute approximate surface area is 142 Å². The van der Waals surface area contributed by atoms with E-state index < -0.39 is 11.8 Å². The monoisotopic (exact) mass is 345 g/mol. The van der Waals surface area contributed by atoms with Crippen molar-refractivity contribution >= 4 is 17.6 Å². The van der Waals surface area contributed by atoms with E-state index in [0.717, 1.165) is 23.3 Å². The number of halogens is 2. The lowest BCUT2D eigenvalue weighted by Gasteiger charge is -2.04. The molecule has 0 atom stereocenters. The molecule has 3 rings (SSSR count). The SMILES string of the molecule is Cc1ccc(-c2cc(COC(=O)c3ccc(F)cc3Cl)no2)cc1. The summed E-state index contributed by atoms with van der Waals surface area (Å²) >= 11 is 5.83. The number of aryl methyl sites for hydroxylation is 1. The van der Waals surface area contributed by atoms with Crippen LogP contribution in [-0.4, -0.2) is 11.1 Å². The molecule has 0 spiro atoms. The maximum Gasteiger partial charge on any atom is 0.340 e. The van der Waals surface area contributed by atoms with Gasteiger partial charge in [0.2, 0.25) is 0 Å². The number of nitrogens with zero attached hydrogens (tertiary/aromatic N) is 1. The predicted molar refractivity (Wildman–Crippen MR) is 87.2 cm³/mol. The lowest BCUT2D eigenvalue weighted by atomic mass is 10.1. The van der Waals surface area contributed by atoms with Gasteiger partial charge in [0.1, 0.15) is 18.1 Å². The maximum atomic E-state index is 13.0. The van der Waals surface area contributed by atoms with Crippen LogP contribution in [-0.2, 0) is 11.3 Å². The highest BCUT2D eigenvalue weighted by molar-refractivity contribution is 6.33. The normalized spacial score (nSPS) is 10.6. The number of hydrogen-bond acceptors (Lipinski definition) is 4. The molecule has 0 fully saturated rings. The molecule has 4 nitrogen and oxygen atoms in total. The molecule has 0 aliphatic heterocycles. The minimum absolute atomic E-state index is 0.000460. The zero-order valence-electron chi connectivity index (χ0n) is 12.8. The first-order valence-electron chi connectivity index (χ1n) is 7.18. The highest BCUT2D eigenvalue weighted by Gasteiger charge is 2.14. The number of rotatable bonds is 4. The van der Waals surface area contributed by atoms with Crippen molar-refractivity contribution < 1.29 is 18.4 Å². The Kier molecular flexibility index (Phi) is 4.62. The van der Waals surface area contributed by atoms with Crippen molar-refractivity contribution in [2.24, 2.45) is 0 Å². The van der Waals surface area contributed by atoms with Crippen molar-refractivity contribution in [2.75, 3.05) is 0 Å². The summed E-state index contributed by atoms with van der Waals surface area (Å²) in [6.07, 6.45) is 0. The summed E-state index contributed by atoms with van der Waals surface area (Å²) in [5.41, 5.74) is 2.59. The van der Waals surface area contributed by atoms with Gasteiger partial charge in [0, 0.05) is 11.6 Å². The Morgan fingerprint density at radius 2 is 1.96 bits per heavy atom. The molecule has 0 unspecified atom stereocenters. The summed E-state index contributed by atoms with van der Waals surface area (Å²) in [5, 5.41) is 3.87. The van der Waals surface area contributed by atoms with Gasteiger partial charge in [-0.2, -0.15) is 0 Å². The Hall–Kier alpha value is -2.66. The van der Waals surface area contributed by atoms with Gasteiger partial charge in [-0.05, 0) is 25.1 Å². The van der Waals surface area contributed by atoms with Crippen molar-refractivity contribution in [3.8, 4) is 11.3 Å². The summed E-state index contributed by atoms with van der Waals surface area (Å²) in [4.78, 5) is 12.0. The van der Waals surface area contributed by atoms with Crippen molar-refractivity contribution in [1.82, 2.24) is 5.16 Å². The quantitative estimate of drug-likeness (QED) is 0.637. The lowest BCUT2D eigenvalue weighted by molar-refractivity contribution is 0.0464. The summed E-state index contributed by atoms with van der Waals surface area (Å²) in [6.45, 7) is 1.93. The molecule has 1 aromatic heterocycles. The second kappa shape index (κ2) is 6.84. The number of carbonyl (C=O) groups excluding carboxylic acids is 1. The van der Waals surface area contributed by atoms with Gasteiger partial charge >= 0.3 is 5.97 Å². The van der Waals surface area contributed by atoms with Crippen LogP contribution in [0.4, 0.5) is 4.39 Å². The van der Waals surface area contributed by atoms with Crippen molar-refractivity contribution in [2.45, 2.75) is 13.5 Å². The highest BCUT2D eigenvalue weighted by Crippen LogP contribution is 2.22. The van der Waals surface area contributed by atoms with E-state index in [1.54, 1.807) is 6.07 Å². The first-order chi connectivity index (χ1) is 11.5. The van der Waals surface area contributed by atoms with Crippen LogP contribution < -0.4 is 0 Å². The van der Waals surface area contributed by atoms with Crippen LogP contribution in [0.2, 0.25) is 5.02 Å². The summed E-state index contributed by atoms with van der Waals surface area (Å²) in [7, 11) is 0. The van der Waals surface area contributed by atoms with E-state index in [-0.39, 0.29) is 17.2 Å². The molecule has 24 heavy (non-hydrogen) atoms. The summed E-state index contributed by atoms with van der Waals surface area (Å²) < 4.78 is 23.4. The third kappa shape index (κ3) is 3.63. The summed E-state index contributed by atoms with van der Waals surface area (Å²) in [5.74, 6) is -0.587. The largest absolute Gasteiger partial charge is 0.455 e. The molecule has 0 amide bonds. The van der Waals surface area contributed by atoms with E-state index in [4.69, 9.17) is 20.9 Å². The second-order valence-electron chi connectivity index (χ2n) is 5.25. The minimum atomic E-state index is -0.653. The zero-order chi connectivity index (χ0) is 17.1. The third-order valence-corrected chi connectivity index (χ3v) is 3.71. The number of benzene rings is 2. The number of aromatic nitrogens is 1. The van der Waals surface area contributed by atoms with Gasteiger partial charge in [0.15, 0.2) is 5.76 Å². The highest BCUT2D eigenvalue weighted by atomic mass is 35.5. The minimum Gasteiger partial charge on any atom is -0.455 e. The van der Waals surface area contributed by atoms with Gasteiger partial charge in [-0.15, -0.1) is 0 Å². The summed E-state index contributed by atoms with van der Waals surface area (Å²) in [6, 6.07) is 13.0. The smallest absolute Gasteiger partial charge is 0.340 e. The van der Waals surface area contributed by atoms with E-state index >= 15 is 0 Å². The first kappa shape index (κ1) is 16.2. The maximum absolute atomic E-state index is 13.0. The van der Waals surface area contributed by atoms with Crippen molar-refractivity contribution in [3.05, 3.63) is 76.2 Å². The van der Waals surface area contributed by atoms with Gasteiger partial charge in [-0.1, -0.05) is 46.6 Å². The van der Waals surface area contributed by atoms with Gasteiger partial charge in [-0.25, -0.2) is 9.18 Å². The Balaban J connectivity index is 1.67. The van der Waals surface area contributed by atoms with Crippen LogP contribution in [0.1, 0.15) is 21.6 Å². The molecule has 0 aliphatic rings. The number of hydrogen-bond donors (Lipinski definition) is 0. The third-order valence-electron chi connectivity index (χ3n) is 3.40. The molecular weight excluding hydrogens is 333 g/mol. The fraction of sp³-hybridized carbons (Fsp3) is 0.111. The number of ether oxygens (including phenoxy) is 1. The Morgan fingerprint density at radius 3 is 2.67 bits per heavy atom.